The number of aromatic nitrogens is 1. The Hall–Kier alpha value is -1.94. The molecule has 1 aromatic rings. The van der Waals surface area contributed by atoms with Gasteiger partial charge in [0.05, 0.1) is 23.6 Å². The van der Waals surface area contributed by atoms with E-state index in [2.05, 4.69) is 15.6 Å². The molecule has 2 N–H and O–H groups in total. The molecule has 1 fully saturated rings. The third-order valence-corrected chi connectivity index (χ3v) is 7.75. The summed E-state index contributed by atoms with van der Waals surface area (Å²) in [7, 11) is 1.29. The van der Waals surface area contributed by atoms with E-state index in [1.165, 1.54) is 37.7 Å². The van der Waals surface area contributed by atoms with Gasteiger partial charge in [-0.3, -0.25) is 14.4 Å². The van der Waals surface area contributed by atoms with E-state index in [1.807, 2.05) is 6.26 Å². The van der Waals surface area contributed by atoms with E-state index in [-0.39, 0.29) is 24.0 Å². The van der Waals surface area contributed by atoms with Crippen LogP contribution in [0.4, 0.5) is 5.13 Å². The first kappa shape index (κ1) is 24.7. The van der Waals surface area contributed by atoms with Gasteiger partial charge in [-0.1, -0.05) is 30.6 Å². The Morgan fingerprint density at radius 1 is 1.22 bits per heavy atom. The van der Waals surface area contributed by atoms with Crippen molar-refractivity contribution in [3.8, 4) is 0 Å². The Morgan fingerprint density at radius 3 is 2.66 bits per heavy atom. The van der Waals surface area contributed by atoms with Gasteiger partial charge in [-0.15, -0.1) is 0 Å². The van der Waals surface area contributed by atoms with Crippen molar-refractivity contribution in [2.24, 2.45) is 11.8 Å². The number of nitrogens with zero attached hydrogens (tertiary/aromatic N) is 1. The van der Waals surface area contributed by atoms with Crippen molar-refractivity contribution in [3.05, 3.63) is 10.6 Å². The standard InChI is InChI=1S/C22H31N3O5S2/c1-30-21(29)15(8-9-31-2)23-20(28)14-11-16-19(17(26)12-14)32-22(24-16)25-18(27)10-13-6-4-3-5-7-13/h13-15H,3-12H2,1-2H3,(H,23,28)(H,24,25,27). The molecule has 2 atom stereocenters. The van der Waals surface area contributed by atoms with Crippen molar-refractivity contribution in [2.75, 3.05) is 24.4 Å². The zero-order valence-electron chi connectivity index (χ0n) is 18.6. The summed E-state index contributed by atoms with van der Waals surface area (Å²) < 4.78 is 4.79. The van der Waals surface area contributed by atoms with Gasteiger partial charge in [-0.05, 0) is 37.2 Å². The van der Waals surface area contributed by atoms with Crippen LogP contribution in [0.3, 0.4) is 0 Å². The Bertz CT molecular complexity index is 851. The first-order chi connectivity index (χ1) is 15.4. The number of amides is 2. The monoisotopic (exact) mass is 481 g/mol. The summed E-state index contributed by atoms with van der Waals surface area (Å²) in [6.07, 6.45) is 8.99. The number of carbonyl (C=O) groups is 4. The normalized spacial score (nSPS) is 19.7. The highest BCUT2D eigenvalue weighted by Gasteiger charge is 2.35. The fraction of sp³-hybridized carbons (Fsp3) is 0.682. The summed E-state index contributed by atoms with van der Waals surface area (Å²) >= 11 is 2.75. The predicted molar refractivity (Wildman–Crippen MR) is 125 cm³/mol. The summed E-state index contributed by atoms with van der Waals surface area (Å²) in [5.41, 5.74) is 0.540. The van der Waals surface area contributed by atoms with Crippen molar-refractivity contribution in [2.45, 2.75) is 63.8 Å². The molecule has 2 aliphatic carbocycles. The number of hydrogen-bond donors (Lipinski definition) is 2. The van der Waals surface area contributed by atoms with E-state index >= 15 is 0 Å². The van der Waals surface area contributed by atoms with Crippen LogP contribution in [0.25, 0.3) is 0 Å². The lowest BCUT2D eigenvalue weighted by atomic mass is 9.87. The summed E-state index contributed by atoms with van der Waals surface area (Å²) in [5.74, 6) is -0.548. The number of anilines is 1. The number of fused-ring (bicyclic) bond motifs is 1. The third-order valence-electron chi connectivity index (χ3n) is 6.05. The zero-order chi connectivity index (χ0) is 23.1. The average Bonchev–Trinajstić information content (AvgIpc) is 3.19. The second-order valence-corrected chi connectivity index (χ2v) is 10.4. The summed E-state index contributed by atoms with van der Waals surface area (Å²) in [6, 6.07) is -0.735. The zero-order valence-corrected chi connectivity index (χ0v) is 20.2. The number of methoxy groups -OCH3 is 1. The molecule has 1 aromatic heterocycles. The highest BCUT2D eigenvalue weighted by Crippen LogP contribution is 2.33. The largest absolute Gasteiger partial charge is 0.467 e. The Kier molecular flexibility index (Phi) is 9.10. The molecule has 10 heteroatoms. The molecule has 0 spiro atoms. The molecule has 0 bridgehead atoms. The van der Waals surface area contributed by atoms with Crippen LogP contribution in [-0.2, 0) is 25.5 Å². The van der Waals surface area contributed by atoms with Crippen LogP contribution in [0.2, 0.25) is 0 Å². The summed E-state index contributed by atoms with van der Waals surface area (Å²) in [5, 5.41) is 5.99. The molecule has 2 aliphatic rings. The molecule has 8 nitrogen and oxygen atoms in total. The number of ether oxygens (including phenoxy) is 1. The number of thiazole rings is 1. The van der Waals surface area contributed by atoms with Crippen LogP contribution in [0.15, 0.2) is 0 Å². The summed E-state index contributed by atoms with van der Waals surface area (Å²) in [6.45, 7) is 0. The first-order valence-corrected chi connectivity index (χ1v) is 13.3. The molecule has 0 radical (unpaired) electrons. The fourth-order valence-electron chi connectivity index (χ4n) is 4.31. The SMILES string of the molecule is COC(=O)C(CCSC)NC(=O)C1CC(=O)c2sc(NC(=O)CC3CCCCC3)nc2C1. The molecule has 0 aromatic carbocycles. The highest BCUT2D eigenvalue weighted by atomic mass is 32.2. The number of Topliss-reactive ketones (excluding diaryl/α,β-unsaturated/α-hetero) is 1. The van der Waals surface area contributed by atoms with Gasteiger partial charge < -0.3 is 15.4 Å². The first-order valence-electron chi connectivity index (χ1n) is 11.1. The lowest BCUT2D eigenvalue weighted by Crippen LogP contribution is -2.46. The average molecular weight is 482 g/mol. The van der Waals surface area contributed by atoms with E-state index in [0.717, 1.165) is 12.8 Å². The molecule has 176 valence electrons. The number of rotatable bonds is 9. The van der Waals surface area contributed by atoms with Crippen molar-refractivity contribution >= 4 is 51.8 Å². The molecule has 1 heterocycles. The predicted octanol–water partition coefficient (Wildman–Crippen LogP) is 3.21. The number of carbonyl (C=O) groups excluding carboxylic acids is 4. The molecule has 2 unspecified atom stereocenters. The van der Waals surface area contributed by atoms with Gasteiger partial charge in [0.15, 0.2) is 10.9 Å². The fourth-order valence-corrected chi connectivity index (χ4v) is 5.74. The van der Waals surface area contributed by atoms with Crippen molar-refractivity contribution < 1.29 is 23.9 Å². The van der Waals surface area contributed by atoms with Crippen molar-refractivity contribution in [1.29, 1.82) is 0 Å². The van der Waals surface area contributed by atoms with Gasteiger partial charge in [0.1, 0.15) is 6.04 Å². The smallest absolute Gasteiger partial charge is 0.328 e. The van der Waals surface area contributed by atoms with E-state index < -0.39 is 17.9 Å². The van der Waals surface area contributed by atoms with E-state index in [0.29, 0.717) is 46.6 Å². The maximum Gasteiger partial charge on any atom is 0.328 e. The topological polar surface area (TPSA) is 114 Å². The van der Waals surface area contributed by atoms with Crippen LogP contribution in [-0.4, -0.2) is 53.7 Å². The number of nitrogens with one attached hydrogen (secondary N) is 2. The molecule has 0 aliphatic heterocycles. The maximum absolute atomic E-state index is 12.8. The number of esters is 1. The molecular formula is C22H31N3O5S2. The van der Waals surface area contributed by atoms with Crippen molar-refractivity contribution in [3.63, 3.8) is 0 Å². The van der Waals surface area contributed by atoms with Crippen LogP contribution in [0.1, 0.15) is 66.7 Å². The number of ketones is 1. The van der Waals surface area contributed by atoms with E-state index in [4.69, 9.17) is 4.74 Å². The molecule has 3 rings (SSSR count). The minimum absolute atomic E-state index is 0.0624. The van der Waals surface area contributed by atoms with Gasteiger partial charge in [0.2, 0.25) is 11.8 Å². The minimum atomic E-state index is -0.735. The van der Waals surface area contributed by atoms with E-state index in [9.17, 15) is 19.2 Å². The minimum Gasteiger partial charge on any atom is -0.467 e. The molecule has 32 heavy (non-hydrogen) atoms. The Labute approximate surface area is 196 Å². The van der Waals surface area contributed by atoms with Gasteiger partial charge in [0, 0.05) is 19.3 Å². The molecule has 1 saturated carbocycles. The van der Waals surface area contributed by atoms with Crippen LogP contribution < -0.4 is 10.6 Å². The van der Waals surface area contributed by atoms with Gasteiger partial charge in [-0.25, -0.2) is 9.78 Å². The van der Waals surface area contributed by atoms with Gasteiger partial charge in [-0.2, -0.15) is 11.8 Å². The van der Waals surface area contributed by atoms with Crippen LogP contribution in [0, 0.1) is 11.8 Å². The lowest BCUT2D eigenvalue weighted by molar-refractivity contribution is -0.145. The van der Waals surface area contributed by atoms with Crippen LogP contribution >= 0.6 is 23.1 Å². The molecular weight excluding hydrogens is 450 g/mol. The summed E-state index contributed by atoms with van der Waals surface area (Å²) in [4.78, 5) is 54.8. The lowest BCUT2D eigenvalue weighted by Gasteiger charge is -2.22. The van der Waals surface area contributed by atoms with Crippen LogP contribution in [0.5, 0.6) is 0 Å². The Balaban J connectivity index is 1.60. The molecule has 2 amide bonds. The number of thioether (sulfide) groups is 1. The molecule has 0 saturated heterocycles. The van der Waals surface area contributed by atoms with E-state index in [1.54, 1.807) is 11.8 Å². The Morgan fingerprint density at radius 2 is 1.97 bits per heavy atom. The van der Waals surface area contributed by atoms with Gasteiger partial charge in [0.25, 0.3) is 0 Å². The number of hydrogen-bond acceptors (Lipinski definition) is 8. The quantitative estimate of drug-likeness (QED) is 0.521. The van der Waals surface area contributed by atoms with Gasteiger partial charge >= 0.3 is 5.97 Å². The third kappa shape index (κ3) is 6.54. The maximum atomic E-state index is 12.8. The highest BCUT2D eigenvalue weighted by molar-refractivity contribution is 7.98. The second kappa shape index (κ2) is 11.8. The van der Waals surface area contributed by atoms with Crippen molar-refractivity contribution in [1.82, 2.24) is 10.3 Å². The second-order valence-electron chi connectivity index (χ2n) is 8.45.